The van der Waals surface area contributed by atoms with E-state index in [0.29, 0.717) is 23.4 Å². The van der Waals surface area contributed by atoms with Gasteiger partial charge in [-0.25, -0.2) is 4.39 Å². The van der Waals surface area contributed by atoms with Crippen molar-refractivity contribution < 1.29 is 14.0 Å². The number of carbonyl (C=O) groups excluding carboxylic acids is 2. The van der Waals surface area contributed by atoms with Crippen LogP contribution in [0.2, 0.25) is 0 Å². The van der Waals surface area contributed by atoms with Crippen molar-refractivity contribution in [2.24, 2.45) is 0 Å². The number of carbonyl (C=O) groups is 2. The third-order valence-electron chi connectivity index (χ3n) is 3.85. The molecule has 136 valence electrons. The molecule has 27 heavy (non-hydrogen) atoms. The Labute approximate surface area is 156 Å². The Morgan fingerprint density at radius 3 is 2.56 bits per heavy atom. The number of nitrogens with one attached hydrogen (secondary N) is 2. The van der Waals surface area contributed by atoms with E-state index in [2.05, 4.69) is 15.6 Å². The fourth-order valence-corrected chi connectivity index (χ4v) is 2.55. The van der Waals surface area contributed by atoms with Gasteiger partial charge in [-0.3, -0.25) is 14.6 Å². The van der Waals surface area contributed by atoms with Crippen LogP contribution in [0.1, 0.15) is 21.5 Å². The minimum Gasteiger partial charge on any atom is -0.352 e. The minimum absolute atomic E-state index is 0.106. The fourth-order valence-electron chi connectivity index (χ4n) is 2.55. The standard InChI is InChI=1S/C21H18FN3O2/c22-18-7-1-4-15(10-18)12-20(26)24-13-16-5-2-8-19(11-16)25-21(27)17-6-3-9-23-14-17/h1-11,14H,12-13H2,(H,24,26)(H,25,27). The number of amides is 2. The quantitative estimate of drug-likeness (QED) is 0.706. The van der Waals surface area contributed by atoms with Gasteiger partial charge in [0, 0.05) is 24.6 Å². The van der Waals surface area contributed by atoms with Gasteiger partial charge in [-0.2, -0.15) is 0 Å². The van der Waals surface area contributed by atoms with Gasteiger partial charge in [-0.15, -0.1) is 0 Å². The molecule has 0 atom stereocenters. The van der Waals surface area contributed by atoms with E-state index in [0.717, 1.165) is 5.56 Å². The maximum atomic E-state index is 13.2. The molecule has 0 aliphatic carbocycles. The highest BCUT2D eigenvalue weighted by molar-refractivity contribution is 6.04. The molecule has 0 saturated carbocycles. The predicted molar refractivity (Wildman–Crippen MR) is 101 cm³/mol. The first-order valence-electron chi connectivity index (χ1n) is 8.41. The van der Waals surface area contributed by atoms with Crippen LogP contribution in [0.3, 0.4) is 0 Å². The van der Waals surface area contributed by atoms with Crippen LogP contribution >= 0.6 is 0 Å². The lowest BCUT2D eigenvalue weighted by molar-refractivity contribution is -0.120. The molecule has 5 nitrogen and oxygen atoms in total. The highest BCUT2D eigenvalue weighted by Gasteiger charge is 2.07. The zero-order chi connectivity index (χ0) is 19.1. The first-order chi connectivity index (χ1) is 13.1. The minimum atomic E-state index is -0.364. The molecule has 1 aromatic heterocycles. The van der Waals surface area contributed by atoms with Crippen LogP contribution in [0.4, 0.5) is 10.1 Å². The Hall–Kier alpha value is -3.54. The van der Waals surface area contributed by atoms with Crippen molar-refractivity contribution in [1.29, 1.82) is 0 Å². The lowest BCUT2D eigenvalue weighted by atomic mass is 10.1. The molecule has 0 aliphatic rings. The summed E-state index contributed by atoms with van der Waals surface area (Å²) in [6, 6.07) is 16.5. The molecule has 0 radical (unpaired) electrons. The molecule has 0 saturated heterocycles. The summed E-state index contributed by atoms with van der Waals surface area (Å²) in [5, 5.41) is 5.59. The molecule has 0 unspecified atom stereocenters. The third-order valence-corrected chi connectivity index (χ3v) is 3.85. The highest BCUT2D eigenvalue weighted by atomic mass is 19.1. The van der Waals surface area contributed by atoms with Crippen LogP contribution in [-0.2, 0) is 17.8 Å². The van der Waals surface area contributed by atoms with Crippen molar-refractivity contribution in [3.8, 4) is 0 Å². The fraction of sp³-hybridized carbons (Fsp3) is 0.0952. The maximum absolute atomic E-state index is 13.2. The Bertz CT molecular complexity index is 945. The zero-order valence-corrected chi connectivity index (χ0v) is 14.5. The van der Waals surface area contributed by atoms with Crippen molar-refractivity contribution in [3.05, 3.63) is 95.6 Å². The van der Waals surface area contributed by atoms with Crippen LogP contribution in [0.5, 0.6) is 0 Å². The smallest absolute Gasteiger partial charge is 0.257 e. The molecule has 0 fully saturated rings. The number of benzene rings is 2. The molecule has 6 heteroatoms. The van der Waals surface area contributed by atoms with Gasteiger partial charge < -0.3 is 10.6 Å². The van der Waals surface area contributed by atoms with Crippen LogP contribution in [-0.4, -0.2) is 16.8 Å². The van der Waals surface area contributed by atoms with Gasteiger partial charge in [-0.1, -0.05) is 24.3 Å². The molecule has 0 aliphatic heterocycles. The Balaban J connectivity index is 1.56. The van der Waals surface area contributed by atoms with Crippen LogP contribution in [0, 0.1) is 5.82 Å². The van der Waals surface area contributed by atoms with Gasteiger partial charge in [0.1, 0.15) is 5.82 Å². The molecule has 2 N–H and O–H groups in total. The number of rotatable bonds is 6. The van der Waals surface area contributed by atoms with Crippen molar-refractivity contribution in [1.82, 2.24) is 10.3 Å². The molecular formula is C21H18FN3O2. The lowest BCUT2D eigenvalue weighted by Gasteiger charge is -2.09. The summed E-state index contributed by atoms with van der Waals surface area (Å²) in [5.41, 5.74) is 2.54. The zero-order valence-electron chi connectivity index (χ0n) is 14.5. The van der Waals surface area contributed by atoms with Crippen LogP contribution in [0.15, 0.2) is 73.1 Å². The molecule has 2 amide bonds. The summed E-state index contributed by atoms with van der Waals surface area (Å²) in [4.78, 5) is 28.1. The maximum Gasteiger partial charge on any atom is 0.257 e. The number of nitrogens with zero attached hydrogens (tertiary/aromatic N) is 1. The number of halogens is 1. The second-order valence-electron chi connectivity index (χ2n) is 5.98. The van der Waals surface area contributed by atoms with Crippen molar-refractivity contribution in [3.63, 3.8) is 0 Å². The molecule has 3 rings (SSSR count). The topological polar surface area (TPSA) is 71.1 Å². The summed E-state index contributed by atoms with van der Waals surface area (Å²) in [6.45, 7) is 0.310. The van der Waals surface area contributed by atoms with Gasteiger partial charge in [0.05, 0.1) is 12.0 Å². The van der Waals surface area contributed by atoms with Gasteiger partial charge >= 0.3 is 0 Å². The monoisotopic (exact) mass is 363 g/mol. The van der Waals surface area contributed by atoms with E-state index < -0.39 is 0 Å². The van der Waals surface area contributed by atoms with Crippen LogP contribution in [0.25, 0.3) is 0 Å². The SMILES string of the molecule is O=C(Cc1cccc(F)c1)NCc1cccc(NC(=O)c2cccnc2)c1. The first kappa shape index (κ1) is 18.3. The number of anilines is 1. The summed E-state index contributed by atoms with van der Waals surface area (Å²) in [5.74, 6) is -0.821. The van der Waals surface area contributed by atoms with Crippen molar-refractivity contribution >= 4 is 17.5 Å². The first-order valence-corrected chi connectivity index (χ1v) is 8.41. The molecule has 0 bridgehead atoms. The highest BCUT2D eigenvalue weighted by Crippen LogP contribution is 2.12. The van der Waals surface area contributed by atoms with Crippen molar-refractivity contribution in [2.45, 2.75) is 13.0 Å². The third kappa shape index (κ3) is 5.47. The van der Waals surface area contributed by atoms with E-state index >= 15 is 0 Å². The second-order valence-corrected chi connectivity index (χ2v) is 5.98. The number of hydrogen-bond acceptors (Lipinski definition) is 3. The van der Waals surface area contributed by atoms with Gasteiger partial charge in [0.2, 0.25) is 5.91 Å². The normalized spacial score (nSPS) is 10.3. The number of pyridine rings is 1. The van der Waals surface area contributed by atoms with Crippen molar-refractivity contribution in [2.75, 3.05) is 5.32 Å². The van der Waals surface area contributed by atoms with E-state index in [1.54, 1.807) is 48.7 Å². The molecule has 2 aromatic carbocycles. The molecule has 3 aromatic rings. The van der Waals surface area contributed by atoms with E-state index in [1.165, 1.54) is 18.3 Å². The number of hydrogen-bond donors (Lipinski definition) is 2. The van der Waals surface area contributed by atoms with Gasteiger partial charge in [-0.05, 0) is 47.5 Å². The van der Waals surface area contributed by atoms with E-state index in [4.69, 9.17) is 0 Å². The summed E-state index contributed by atoms with van der Waals surface area (Å²) in [7, 11) is 0. The number of aromatic nitrogens is 1. The summed E-state index contributed by atoms with van der Waals surface area (Å²) < 4.78 is 13.2. The lowest BCUT2D eigenvalue weighted by Crippen LogP contribution is -2.24. The van der Waals surface area contributed by atoms with Gasteiger partial charge in [0.15, 0.2) is 0 Å². The van der Waals surface area contributed by atoms with E-state index in [9.17, 15) is 14.0 Å². The molecule has 1 heterocycles. The molecule has 0 spiro atoms. The van der Waals surface area contributed by atoms with Gasteiger partial charge in [0.25, 0.3) is 5.91 Å². The predicted octanol–water partition coefficient (Wildman–Crippen LogP) is 3.33. The average molecular weight is 363 g/mol. The summed E-state index contributed by atoms with van der Waals surface area (Å²) >= 11 is 0. The Morgan fingerprint density at radius 2 is 1.78 bits per heavy atom. The largest absolute Gasteiger partial charge is 0.352 e. The Morgan fingerprint density at radius 1 is 0.963 bits per heavy atom. The average Bonchev–Trinajstić information content (AvgIpc) is 2.67. The van der Waals surface area contributed by atoms with E-state index in [1.807, 2.05) is 6.07 Å². The molecular weight excluding hydrogens is 345 g/mol. The summed E-state index contributed by atoms with van der Waals surface area (Å²) in [6.07, 6.45) is 3.20. The van der Waals surface area contributed by atoms with Crippen LogP contribution < -0.4 is 10.6 Å². The Kier molecular flexibility index (Phi) is 5.89. The second kappa shape index (κ2) is 8.71. The van der Waals surface area contributed by atoms with E-state index in [-0.39, 0.29) is 24.1 Å².